The van der Waals surface area contributed by atoms with Crippen LogP contribution in [0.25, 0.3) is 0 Å². The van der Waals surface area contributed by atoms with E-state index in [9.17, 15) is 9.59 Å². The molecule has 0 aliphatic carbocycles. The molecule has 0 aromatic carbocycles. The van der Waals surface area contributed by atoms with E-state index in [0.29, 0.717) is 11.5 Å². The highest BCUT2D eigenvalue weighted by molar-refractivity contribution is 6.02. The van der Waals surface area contributed by atoms with Gasteiger partial charge in [0.05, 0.1) is 18.1 Å². The Kier molecular flexibility index (Phi) is 4.35. The summed E-state index contributed by atoms with van der Waals surface area (Å²) < 4.78 is 5.12. The van der Waals surface area contributed by atoms with Crippen molar-refractivity contribution in [2.75, 3.05) is 10.6 Å². The maximum absolute atomic E-state index is 11.7. The van der Waals surface area contributed by atoms with Crippen LogP contribution in [-0.4, -0.2) is 38.0 Å². The van der Waals surface area contributed by atoms with E-state index in [1.165, 1.54) is 12.4 Å². The second kappa shape index (κ2) is 6.20. The van der Waals surface area contributed by atoms with Crippen LogP contribution < -0.4 is 10.6 Å². The van der Waals surface area contributed by atoms with Gasteiger partial charge in [-0.2, -0.15) is 15.4 Å². The van der Waals surface area contributed by atoms with Crippen LogP contribution in [-0.2, 0) is 4.74 Å². The second-order valence-corrected chi connectivity index (χ2v) is 5.37. The third-order valence-electron chi connectivity index (χ3n) is 2.30. The van der Waals surface area contributed by atoms with Gasteiger partial charge < -0.3 is 10.1 Å². The van der Waals surface area contributed by atoms with Gasteiger partial charge in [0.1, 0.15) is 11.4 Å². The van der Waals surface area contributed by atoms with E-state index < -0.39 is 17.6 Å². The summed E-state index contributed by atoms with van der Waals surface area (Å²) in [6, 6.07) is 3.14. The molecule has 2 amide bonds. The van der Waals surface area contributed by atoms with Crippen LogP contribution >= 0.6 is 0 Å². The van der Waals surface area contributed by atoms with Crippen LogP contribution in [0.3, 0.4) is 0 Å². The lowest BCUT2D eigenvalue weighted by atomic mass is 10.2. The van der Waals surface area contributed by atoms with Gasteiger partial charge in [-0.1, -0.05) is 0 Å². The summed E-state index contributed by atoms with van der Waals surface area (Å²) in [6.45, 7) is 5.31. The lowest BCUT2D eigenvalue weighted by molar-refractivity contribution is 0.0635. The van der Waals surface area contributed by atoms with Crippen LogP contribution in [0.1, 0.15) is 31.3 Å². The highest BCUT2D eigenvalue weighted by atomic mass is 16.6. The van der Waals surface area contributed by atoms with E-state index in [0.717, 1.165) is 0 Å². The molecule has 2 rings (SSSR count). The molecule has 0 spiro atoms. The van der Waals surface area contributed by atoms with Gasteiger partial charge in [-0.25, -0.2) is 9.78 Å². The summed E-state index contributed by atoms with van der Waals surface area (Å²) in [5, 5.41) is 14.6. The van der Waals surface area contributed by atoms with E-state index in [4.69, 9.17) is 4.74 Å². The topological polar surface area (TPSA) is 122 Å². The normalized spacial score (nSPS) is 10.9. The zero-order valence-corrected chi connectivity index (χ0v) is 12.4. The molecule has 2 heterocycles. The maximum Gasteiger partial charge on any atom is 0.412 e. The van der Waals surface area contributed by atoms with Crippen LogP contribution in [0.15, 0.2) is 24.5 Å². The Morgan fingerprint density at radius 3 is 2.50 bits per heavy atom. The average Bonchev–Trinajstić information content (AvgIpc) is 2.92. The third-order valence-corrected chi connectivity index (χ3v) is 2.30. The standard InChI is InChI=1S/C13H16N6O3/c1-13(2,3)22-12(21)16-8-4-5-10(14-6-8)17-11(20)9-7-15-19-18-9/h4-7H,1-3H3,(H,16,21)(H,14,17,20)(H,15,18,19). The molecule has 22 heavy (non-hydrogen) atoms. The Hall–Kier alpha value is -2.97. The van der Waals surface area contributed by atoms with Crippen molar-refractivity contribution in [3.63, 3.8) is 0 Å². The molecular weight excluding hydrogens is 288 g/mol. The highest BCUT2D eigenvalue weighted by Crippen LogP contribution is 2.13. The van der Waals surface area contributed by atoms with Crippen LogP contribution in [0.4, 0.5) is 16.3 Å². The third kappa shape index (κ3) is 4.54. The fourth-order valence-corrected chi connectivity index (χ4v) is 1.45. The molecule has 0 atom stereocenters. The zero-order valence-electron chi connectivity index (χ0n) is 12.4. The van der Waals surface area contributed by atoms with Crippen molar-refractivity contribution in [2.24, 2.45) is 0 Å². The summed E-state index contributed by atoms with van der Waals surface area (Å²) in [5.74, 6) is -0.114. The van der Waals surface area contributed by atoms with Crippen molar-refractivity contribution in [2.45, 2.75) is 26.4 Å². The molecule has 0 fully saturated rings. The first-order valence-corrected chi connectivity index (χ1v) is 6.47. The maximum atomic E-state index is 11.7. The number of pyridine rings is 1. The van der Waals surface area contributed by atoms with E-state index >= 15 is 0 Å². The Morgan fingerprint density at radius 1 is 1.18 bits per heavy atom. The molecule has 0 unspecified atom stereocenters. The van der Waals surface area contributed by atoms with Gasteiger partial charge in [0.15, 0.2) is 5.69 Å². The van der Waals surface area contributed by atoms with Crippen molar-refractivity contribution in [1.82, 2.24) is 20.4 Å². The number of rotatable bonds is 3. The summed E-state index contributed by atoms with van der Waals surface area (Å²) in [6.07, 6.45) is 2.13. The van der Waals surface area contributed by atoms with Crippen molar-refractivity contribution in [3.05, 3.63) is 30.2 Å². The Labute approximate surface area is 126 Å². The molecule has 0 saturated heterocycles. The fourth-order valence-electron chi connectivity index (χ4n) is 1.45. The monoisotopic (exact) mass is 304 g/mol. The Balaban J connectivity index is 1.93. The summed E-state index contributed by atoms with van der Waals surface area (Å²) >= 11 is 0. The minimum absolute atomic E-state index is 0.151. The number of ether oxygens (including phenoxy) is 1. The summed E-state index contributed by atoms with van der Waals surface area (Å²) in [7, 11) is 0. The Bertz CT molecular complexity index is 645. The quantitative estimate of drug-likeness (QED) is 0.794. The lowest BCUT2D eigenvalue weighted by Gasteiger charge is -2.19. The smallest absolute Gasteiger partial charge is 0.412 e. The molecule has 0 bridgehead atoms. The molecule has 9 heteroatoms. The van der Waals surface area contributed by atoms with Crippen LogP contribution in [0.5, 0.6) is 0 Å². The Morgan fingerprint density at radius 2 is 1.95 bits per heavy atom. The molecule has 9 nitrogen and oxygen atoms in total. The minimum atomic E-state index is -0.580. The number of aromatic amines is 1. The molecule has 0 saturated carbocycles. The van der Waals surface area contributed by atoms with E-state index in [1.807, 2.05) is 0 Å². The van der Waals surface area contributed by atoms with E-state index in [-0.39, 0.29) is 5.69 Å². The largest absolute Gasteiger partial charge is 0.444 e. The van der Waals surface area contributed by atoms with Gasteiger partial charge in [-0.05, 0) is 32.9 Å². The van der Waals surface area contributed by atoms with Gasteiger partial charge >= 0.3 is 6.09 Å². The van der Waals surface area contributed by atoms with Gasteiger partial charge in [0, 0.05) is 0 Å². The number of aromatic nitrogens is 4. The summed E-state index contributed by atoms with van der Waals surface area (Å²) in [5.41, 5.74) is 0.0229. The van der Waals surface area contributed by atoms with Crippen LogP contribution in [0.2, 0.25) is 0 Å². The first-order valence-electron chi connectivity index (χ1n) is 6.47. The molecule has 0 radical (unpaired) electrons. The summed E-state index contributed by atoms with van der Waals surface area (Å²) in [4.78, 5) is 27.3. The second-order valence-electron chi connectivity index (χ2n) is 5.37. The molecular formula is C13H16N6O3. The number of carbonyl (C=O) groups excluding carboxylic acids is 2. The molecule has 3 N–H and O–H groups in total. The molecule has 2 aromatic rings. The molecule has 2 aromatic heterocycles. The number of hydrogen-bond acceptors (Lipinski definition) is 6. The number of nitrogens with zero attached hydrogens (tertiary/aromatic N) is 3. The van der Waals surface area contributed by atoms with E-state index in [2.05, 4.69) is 31.0 Å². The molecule has 0 aliphatic heterocycles. The number of hydrogen-bond donors (Lipinski definition) is 3. The van der Waals surface area contributed by atoms with Gasteiger partial charge in [0.2, 0.25) is 0 Å². The average molecular weight is 304 g/mol. The predicted molar refractivity (Wildman–Crippen MR) is 78.4 cm³/mol. The van der Waals surface area contributed by atoms with Crippen molar-refractivity contribution in [3.8, 4) is 0 Å². The number of nitrogens with one attached hydrogen (secondary N) is 3. The van der Waals surface area contributed by atoms with Crippen LogP contribution in [0, 0.1) is 0 Å². The van der Waals surface area contributed by atoms with Gasteiger partial charge in [-0.3, -0.25) is 10.1 Å². The number of carbonyl (C=O) groups is 2. The number of H-pyrrole nitrogens is 1. The van der Waals surface area contributed by atoms with Crippen molar-refractivity contribution < 1.29 is 14.3 Å². The first kappa shape index (κ1) is 15.4. The van der Waals surface area contributed by atoms with Crippen molar-refractivity contribution in [1.29, 1.82) is 0 Å². The zero-order chi connectivity index (χ0) is 16.2. The number of anilines is 2. The minimum Gasteiger partial charge on any atom is -0.444 e. The lowest BCUT2D eigenvalue weighted by Crippen LogP contribution is -2.27. The highest BCUT2D eigenvalue weighted by Gasteiger charge is 2.16. The predicted octanol–water partition coefficient (Wildman–Crippen LogP) is 1.80. The van der Waals surface area contributed by atoms with Crippen molar-refractivity contribution >= 4 is 23.5 Å². The SMILES string of the molecule is CC(C)(C)OC(=O)Nc1ccc(NC(=O)c2cn[nH]n2)nc1. The van der Waals surface area contributed by atoms with Gasteiger partial charge in [0.25, 0.3) is 5.91 Å². The van der Waals surface area contributed by atoms with Gasteiger partial charge in [-0.15, -0.1) is 0 Å². The molecule has 0 aliphatic rings. The number of amides is 2. The van der Waals surface area contributed by atoms with E-state index in [1.54, 1.807) is 32.9 Å². The fraction of sp³-hybridized carbons (Fsp3) is 0.308. The molecule has 116 valence electrons. The first-order chi connectivity index (χ1) is 10.3.